The van der Waals surface area contributed by atoms with Crippen molar-refractivity contribution in [2.24, 2.45) is 0 Å². The second-order valence-electron chi connectivity index (χ2n) is 6.73. The highest BCUT2D eigenvalue weighted by atomic mass is 16.6. The first-order chi connectivity index (χ1) is 11.4. The predicted molar refractivity (Wildman–Crippen MR) is 90.2 cm³/mol. The quantitative estimate of drug-likeness (QED) is 0.807. The van der Waals surface area contributed by atoms with E-state index in [9.17, 15) is 4.79 Å². The van der Waals surface area contributed by atoms with Crippen molar-refractivity contribution in [1.82, 2.24) is 4.90 Å². The van der Waals surface area contributed by atoms with Crippen molar-refractivity contribution in [2.45, 2.75) is 39.3 Å². The molecule has 0 aromatic heterocycles. The number of ether oxygens (including phenoxy) is 3. The van der Waals surface area contributed by atoms with E-state index in [4.69, 9.17) is 19.3 Å². The van der Waals surface area contributed by atoms with Crippen LogP contribution in [0.5, 0.6) is 5.75 Å². The van der Waals surface area contributed by atoms with Crippen LogP contribution < -0.4 is 4.74 Å². The molecule has 1 heterocycles. The number of hydrogen-bond donors (Lipinski definition) is 1. The zero-order valence-electron chi connectivity index (χ0n) is 14.7. The number of fused-ring (bicyclic) bond motifs is 1. The first-order valence-corrected chi connectivity index (χ1v) is 8.31. The minimum atomic E-state index is -0.489. The van der Waals surface area contributed by atoms with Crippen LogP contribution in [-0.4, -0.2) is 54.7 Å². The molecule has 0 radical (unpaired) electrons. The lowest BCUT2D eigenvalue weighted by molar-refractivity contribution is 0.0222. The third-order valence-electron chi connectivity index (χ3n) is 3.60. The van der Waals surface area contributed by atoms with Gasteiger partial charge in [0, 0.05) is 18.7 Å². The van der Waals surface area contributed by atoms with Crippen molar-refractivity contribution < 1.29 is 24.1 Å². The second kappa shape index (κ2) is 8.35. The number of aliphatic hydroxyl groups excluding tert-OH is 1. The van der Waals surface area contributed by atoms with Crippen LogP contribution in [0.3, 0.4) is 0 Å². The van der Waals surface area contributed by atoms with Gasteiger partial charge in [-0.1, -0.05) is 12.1 Å². The highest BCUT2D eigenvalue weighted by Crippen LogP contribution is 2.28. The summed E-state index contributed by atoms with van der Waals surface area (Å²) in [5.41, 5.74) is 1.73. The average molecular weight is 337 g/mol. The number of benzene rings is 1. The van der Waals surface area contributed by atoms with Gasteiger partial charge in [-0.2, -0.15) is 0 Å². The van der Waals surface area contributed by atoms with Crippen molar-refractivity contribution in [3.8, 4) is 5.75 Å². The van der Waals surface area contributed by atoms with E-state index in [0.29, 0.717) is 32.9 Å². The van der Waals surface area contributed by atoms with Gasteiger partial charge in [0.05, 0.1) is 19.8 Å². The van der Waals surface area contributed by atoms with Gasteiger partial charge in [-0.05, 0) is 38.8 Å². The Morgan fingerprint density at radius 2 is 2.04 bits per heavy atom. The standard InChI is InChI=1S/C18H27NO5/c1-18(2,3)24-17(21)19-8-7-15-14(13-19)5-4-6-16(15)23-12-11-22-10-9-20/h4-6,20H,7-13H2,1-3H3. The molecule has 0 atom stereocenters. The smallest absolute Gasteiger partial charge is 0.410 e. The summed E-state index contributed by atoms with van der Waals surface area (Å²) >= 11 is 0. The molecular formula is C18H27NO5. The van der Waals surface area contributed by atoms with Gasteiger partial charge in [-0.15, -0.1) is 0 Å². The Morgan fingerprint density at radius 1 is 1.25 bits per heavy atom. The molecule has 0 fully saturated rings. The molecule has 2 rings (SSSR count). The fraction of sp³-hybridized carbons (Fsp3) is 0.611. The lowest BCUT2D eigenvalue weighted by atomic mass is 9.99. The van der Waals surface area contributed by atoms with Gasteiger partial charge in [0.1, 0.15) is 18.0 Å². The first-order valence-electron chi connectivity index (χ1n) is 8.31. The topological polar surface area (TPSA) is 68.2 Å². The van der Waals surface area contributed by atoms with E-state index in [1.54, 1.807) is 4.90 Å². The summed E-state index contributed by atoms with van der Waals surface area (Å²) in [5, 5.41) is 8.67. The maximum Gasteiger partial charge on any atom is 0.410 e. The van der Waals surface area contributed by atoms with Gasteiger partial charge >= 0.3 is 6.09 Å². The summed E-state index contributed by atoms with van der Waals surface area (Å²) in [5.74, 6) is 0.837. The maximum absolute atomic E-state index is 12.2. The van der Waals surface area contributed by atoms with Crippen LogP contribution in [0.2, 0.25) is 0 Å². The van der Waals surface area contributed by atoms with Crippen LogP contribution in [-0.2, 0) is 22.4 Å². The molecule has 6 nitrogen and oxygen atoms in total. The summed E-state index contributed by atoms with van der Waals surface area (Å²) in [6, 6.07) is 5.89. The molecule has 134 valence electrons. The fourth-order valence-corrected chi connectivity index (χ4v) is 2.57. The third-order valence-corrected chi connectivity index (χ3v) is 3.60. The number of nitrogens with zero attached hydrogens (tertiary/aromatic N) is 1. The van der Waals surface area contributed by atoms with Gasteiger partial charge < -0.3 is 24.2 Å². The van der Waals surface area contributed by atoms with Crippen LogP contribution in [0, 0.1) is 0 Å². The van der Waals surface area contributed by atoms with Crippen molar-refractivity contribution in [1.29, 1.82) is 0 Å². The van der Waals surface area contributed by atoms with E-state index >= 15 is 0 Å². The third kappa shape index (κ3) is 5.39. The summed E-state index contributed by atoms with van der Waals surface area (Å²) in [4.78, 5) is 13.9. The van der Waals surface area contributed by atoms with E-state index in [2.05, 4.69) is 0 Å². The molecule has 0 spiro atoms. The Balaban J connectivity index is 1.95. The van der Waals surface area contributed by atoms with E-state index < -0.39 is 5.60 Å². The largest absolute Gasteiger partial charge is 0.491 e. The predicted octanol–water partition coefficient (Wildman–Crippen LogP) is 2.37. The summed E-state index contributed by atoms with van der Waals surface area (Å²) in [6.45, 7) is 7.96. The Morgan fingerprint density at radius 3 is 2.75 bits per heavy atom. The lowest BCUT2D eigenvalue weighted by Crippen LogP contribution is -2.40. The number of amides is 1. The van der Waals surface area contributed by atoms with Crippen molar-refractivity contribution in [3.63, 3.8) is 0 Å². The Bertz CT molecular complexity index is 553. The molecule has 0 saturated carbocycles. The molecule has 1 aromatic rings. The van der Waals surface area contributed by atoms with Crippen molar-refractivity contribution in [2.75, 3.05) is 33.0 Å². The zero-order valence-corrected chi connectivity index (χ0v) is 14.7. The Hall–Kier alpha value is -1.79. The van der Waals surface area contributed by atoms with Crippen LogP contribution >= 0.6 is 0 Å². The number of hydrogen-bond acceptors (Lipinski definition) is 5. The van der Waals surface area contributed by atoms with Crippen molar-refractivity contribution >= 4 is 6.09 Å². The van der Waals surface area contributed by atoms with Crippen LogP contribution in [0.1, 0.15) is 31.9 Å². The number of carbonyl (C=O) groups is 1. The summed E-state index contributed by atoms with van der Waals surface area (Å²) in [6.07, 6.45) is 0.458. The fourth-order valence-electron chi connectivity index (χ4n) is 2.57. The van der Waals surface area contributed by atoms with Crippen LogP contribution in [0.15, 0.2) is 18.2 Å². The highest BCUT2D eigenvalue weighted by molar-refractivity contribution is 5.69. The van der Waals surface area contributed by atoms with Gasteiger partial charge in [-0.25, -0.2) is 4.79 Å². The number of aliphatic hydroxyl groups is 1. The molecule has 1 aromatic carbocycles. The maximum atomic E-state index is 12.2. The molecule has 24 heavy (non-hydrogen) atoms. The first kappa shape index (κ1) is 18.5. The SMILES string of the molecule is CC(C)(C)OC(=O)N1CCc2c(cccc2OCCOCCO)C1. The van der Waals surface area contributed by atoms with E-state index in [0.717, 1.165) is 23.3 Å². The Labute approximate surface area is 143 Å². The van der Waals surface area contributed by atoms with E-state index in [1.165, 1.54) is 0 Å². The van der Waals surface area contributed by atoms with Crippen molar-refractivity contribution in [3.05, 3.63) is 29.3 Å². The zero-order chi connectivity index (χ0) is 17.6. The van der Waals surface area contributed by atoms with E-state index in [1.807, 2.05) is 39.0 Å². The molecule has 1 aliphatic rings. The highest BCUT2D eigenvalue weighted by Gasteiger charge is 2.26. The van der Waals surface area contributed by atoms with Gasteiger partial charge in [-0.3, -0.25) is 0 Å². The summed E-state index contributed by atoms with van der Waals surface area (Å²) in [7, 11) is 0. The molecule has 0 aliphatic carbocycles. The van der Waals surface area contributed by atoms with Gasteiger partial charge in [0.15, 0.2) is 0 Å². The van der Waals surface area contributed by atoms with Crippen LogP contribution in [0.25, 0.3) is 0 Å². The van der Waals surface area contributed by atoms with Crippen LogP contribution in [0.4, 0.5) is 4.79 Å². The Kier molecular flexibility index (Phi) is 6.45. The molecule has 0 unspecified atom stereocenters. The molecule has 1 amide bonds. The molecule has 0 saturated heterocycles. The minimum Gasteiger partial charge on any atom is -0.491 e. The molecule has 1 aliphatic heterocycles. The lowest BCUT2D eigenvalue weighted by Gasteiger charge is -2.31. The monoisotopic (exact) mass is 337 g/mol. The molecule has 0 bridgehead atoms. The second-order valence-corrected chi connectivity index (χ2v) is 6.73. The van der Waals surface area contributed by atoms with Gasteiger partial charge in [0.2, 0.25) is 0 Å². The summed E-state index contributed by atoms with van der Waals surface area (Å²) < 4.78 is 16.4. The minimum absolute atomic E-state index is 0.0151. The number of rotatable bonds is 6. The molecular weight excluding hydrogens is 310 g/mol. The average Bonchev–Trinajstić information content (AvgIpc) is 2.52. The van der Waals surface area contributed by atoms with E-state index in [-0.39, 0.29) is 12.7 Å². The number of carbonyl (C=O) groups excluding carboxylic acids is 1. The molecule has 6 heteroatoms. The van der Waals surface area contributed by atoms with Gasteiger partial charge in [0.25, 0.3) is 0 Å². The molecule has 1 N–H and O–H groups in total. The normalized spacial score (nSPS) is 14.2.